The lowest BCUT2D eigenvalue weighted by atomic mass is 10.1. The number of esters is 6. The van der Waals surface area contributed by atoms with Gasteiger partial charge in [-0.3, -0.25) is 0 Å². The molecule has 0 saturated heterocycles. The van der Waals surface area contributed by atoms with Crippen molar-refractivity contribution in [1.29, 1.82) is 5.26 Å². The number of nitrogens with zero attached hydrogens (tertiary/aromatic N) is 1. The summed E-state index contributed by atoms with van der Waals surface area (Å²) < 4.78 is 43.7. The smallest absolute Gasteiger partial charge is 0.343 e. The van der Waals surface area contributed by atoms with Crippen LogP contribution in [0.3, 0.4) is 0 Å². The Kier molecular flexibility index (Phi) is 22.8. The molecule has 0 aliphatic heterocycles. The van der Waals surface area contributed by atoms with Gasteiger partial charge in [0, 0.05) is 18.2 Å². The number of benzene rings is 5. The van der Waals surface area contributed by atoms with Gasteiger partial charge in [-0.15, -0.1) is 0 Å². The van der Waals surface area contributed by atoms with Crippen molar-refractivity contribution < 1.29 is 66.7 Å². The van der Waals surface area contributed by atoms with Crippen molar-refractivity contribution in [3.05, 3.63) is 168 Å². The lowest BCUT2D eigenvalue weighted by molar-refractivity contribution is -0.138. The first-order valence-electron chi connectivity index (χ1n) is 23.7. The summed E-state index contributed by atoms with van der Waals surface area (Å²) in [5, 5.41) is 9.52. The Hall–Kier alpha value is -8.51. The van der Waals surface area contributed by atoms with Gasteiger partial charge in [0.25, 0.3) is 0 Å². The summed E-state index contributed by atoms with van der Waals surface area (Å²) in [6.07, 6.45) is 13.8. The molecular weight excluding hydrogens is 923 g/mol. The average Bonchev–Trinajstić information content (AvgIpc) is 3.40. The van der Waals surface area contributed by atoms with E-state index < -0.39 is 35.8 Å². The average molecular weight is 980 g/mol. The molecule has 15 heteroatoms. The molecule has 72 heavy (non-hydrogen) atoms. The monoisotopic (exact) mass is 979 g/mol. The molecule has 0 saturated carbocycles. The van der Waals surface area contributed by atoms with Crippen molar-refractivity contribution in [3.8, 4) is 40.6 Å². The molecule has 0 bridgehead atoms. The summed E-state index contributed by atoms with van der Waals surface area (Å²) in [7, 11) is 0. The van der Waals surface area contributed by atoms with Crippen LogP contribution < -0.4 is 28.4 Å². The summed E-state index contributed by atoms with van der Waals surface area (Å²) >= 11 is 0. The normalized spacial score (nSPS) is 10.4. The topological polar surface area (TPSA) is 200 Å². The predicted octanol–water partition coefficient (Wildman–Crippen LogP) is 11.3. The van der Waals surface area contributed by atoms with Crippen LogP contribution in [0.4, 0.5) is 0 Å². The third-order valence-electron chi connectivity index (χ3n) is 10.7. The molecule has 0 aliphatic carbocycles. The van der Waals surface area contributed by atoms with E-state index in [-0.39, 0.29) is 39.7 Å². The van der Waals surface area contributed by atoms with Crippen molar-refractivity contribution in [2.45, 2.75) is 77.0 Å². The SMILES string of the molecule is C=CC(=O)OCCCCCCCCOc1ccc(C(=O)Oc2ccc(C(=O)Oc3ccc(C#N)cc3OC(=O)c3ccc(OC(=O)c4ccc(OCCCCCCCCOC(=O)C=C)cc4)cc3)cc2)cc1. The first kappa shape index (κ1) is 54.4. The van der Waals surface area contributed by atoms with E-state index in [2.05, 4.69) is 13.2 Å². The zero-order chi connectivity index (χ0) is 51.3. The van der Waals surface area contributed by atoms with E-state index in [1.807, 2.05) is 6.07 Å². The molecule has 0 aliphatic rings. The minimum atomic E-state index is -0.838. The summed E-state index contributed by atoms with van der Waals surface area (Å²) in [5.41, 5.74) is 0.902. The fourth-order valence-electron chi connectivity index (χ4n) is 6.75. The van der Waals surface area contributed by atoms with E-state index in [0.717, 1.165) is 89.2 Å². The lowest BCUT2D eigenvalue weighted by Gasteiger charge is -2.12. The van der Waals surface area contributed by atoms with Crippen LogP contribution in [-0.2, 0) is 19.1 Å². The number of hydrogen-bond acceptors (Lipinski definition) is 15. The van der Waals surface area contributed by atoms with Crippen molar-refractivity contribution >= 4 is 35.8 Å². The fourth-order valence-corrected chi connectivity index (χ4v) is 6.75. The molecule has 5 aromatic carbocycles. The maximum absolute atomic E-state index is 13.2. The van der Waals surface area contributed by atoms with Crippen LogP contribution in [0.5, 0.6) is 34.5 Å². The Balaban J connectivity index is 1.02. The van der Waals surface area contributed by atoms with Gasteiger partial charge >= 0.3 is 35.8 Å². The fraction of sp³-hybridized carbons (Fsp3) is 0.281. The number of ether oxygens (including phenoxy) is 8. The molecule has 0 N–H and O–H groups in total. The molecule has 0 fully saturated rings. The van der Waals surface area contributed by atoms with E-state index in [4.69, 9.17) is 37.9 Å². The van der Waals surface area contributed by atoms with Gasteiger partial charge in [-0.05, 0) is 135 Å². The molecule has 0 unspecified atom stereocenters. The molecule has 15 nitrogen and oxygen atoms in total. The molecule has 5 aromatic rings. The number of hydrogen-bond donors (Lipinski definition) is 0. The third kappa shape index (κ3) is 19.1. The van der Waals surface area contributed by atoms with Crippen LogP contribution in [-0.4, -0.2) is 62.2 Å². The van der Waals surface area contributed by atoms with Gasteiger partial charge in [0.2, 0.25) is 0 Å². The minimum Gasteiger partial charge on any atom is -0.494 e. The first-order valence-corrected chi connectivity index (χ1v) is 23.7. The maximum Gasteiger partial charge on any atom is 0.343 e. The number of rotatable bonds is 30. The Morgan fingerprint density at radius 2 is 0.708 bits per heavy atom. The predicted molar refractivity (Wildman–Crippen MR) is 265 cm³/mol. The van der Waals surface area contributed by atoms with Gasteiger partial charge in [-0.1, -0.05) is 64.5 Å². The molecular formula is C57H57NO14. The van der Waals surface area contributed by atoms with E-state index >= 15 is 0 Å². The van der Waals surface area contributed by atoms with E-state index in [0.29, 0.717) is 49.1 Å². The van der Waals surface area contributed by atoms with Crippen molar-refractivity contribution in [2.75, 3.05) is 26.4 Å². The number of nitriles is 1. The number of unbranched alkanes of at least 4 members (excludes halogenated alkanes) is 10. The van der Waals surface area contributed by atoms with Crippen molar-refractivity contribution in [1.82, 2.24) is 0 Å². The van der Waals surface area contributed by atoms with Crippen LogP contribution in [0.25, 0.3) is 0 Å². The zero-order valence-electron chi connectivity index (χ0n) is 40.0. The van der Waals surface area contributed by atoms with Gasteiger partial charge < -0.3 is 37.9 Å². The first-order chi connectivity index (χ1) is 35.0. The highest BCUT2D eigenvalue weighted by Gasteiger charge is 2.19. The van der Waals surface area contributed by atoms with Crippen LogP contribution in [0, 0.1) is 11.3 Å². The van der Waals surface area contributed by atoms with Crippen LogP contribution in [0.1, 0.15) is 124 Å². The van der Waals surface area contributed by atoms with Crippen LogP contribution in [0.2, 0.25) is 0 Å². The molecule has 0 radical (unpaired) electrons. The second-order valence-electron chi connectivity index (χ2n) is 16.1. The highest BCUT2D eigenvalue weighted by Crippen LogP contribution is 2.31. The molecule has 0 heterocycles. The Labute approximate surface area is 418 Å². The Morgan fingerprint density at radius 3 is 1.07 bits per heavy atom. The van der Waals surface area contributed by atoms with Crippen molar-refractivity contribution in [2.24, 2.45) is 0 Å². The lowest BCUT2D eigenvalue weighted by Crippen LogP contribution is -2.13. The van der Waals surface area contributed by atoms with Gasteiger partial charge in [-0.2, -0.15) is 5.26 Å². The molecule has 0 amide bonds. The summed E-state index contributed by atoms with van der Waals surface area (Å²) in [5.74, 6) is -2.43. The third-order valence-corrected chi connectivity index (χ3v) is 10.7. The summed E-state index contributed by atoms with van der Waals surface area (Å²) in [4.78, 5) is 74.3. The Bertz CT molecular complexity index is 2630. The molecule has 374 valence electrons. The maximum atomic E-state index is 13.2. The van der Waals surface area contributed by atoms with Crippen LogP contribution >= 0.6 is 0 Å². The highest BCUT2D eigenvalue weighted by molar-refractivity contribution is 5.95. The van der Waals surface area contributed by atoms with Gasteiger partial charge in [0.1, 0.15) is 23.0 Å². The largest absolute Gasteiger partial charge is 0.494 e. The molecule has 0 atom stereocenters. The summed E-state index contributed by atoms with van der Waals surface area (Å²) in [6, 6.07) is 30.4. The number of carbonyl (C=O) groups is 6. The van der Waals surface area contributed by atoms with Gasteiger partial charge in [-0.25, -0.2) is 28.8 Å². The molecule has 0 aromatic heterocycles. The van der Waals surface area contributed by atoms with Crippen molar-refractivity contribution in [3.63, 3.8) is 0 Å². The van der Waals surface area contributed by atoms with Gasteiger partial charge in [0.15, 0.2) is 11.5 Å². The molecule has 5 rings (SSSR count). The highest BCUT2D eigenvalue weighted by atomic mass is 16.6. The standard InChI is InChI=1S/C57H57NO14/c1-3-52(59)67-37-15-11-7-5-9-13-35-65-46-26-18-42(19-27-46)54(61)69-48-30-22-44(23-31-48)56(63)71-50-34-17-41(40-58)39-51(50)72-57(64)45-24-32-49(33-25-45)70-55(62)43-20-28-47(29-21-43)66-36-14-10-6-8-12-16-38-68-53(60)4-2/h3-4,17-34,39H,1-2,5-16,35-38H2. The Morgan fingerprint density at radius 1 is 0.389 bits per heavy atom. The van der Waals surface area contributed by atoms with E-state index in [1.165, 1.54) is 66.7 Å². The van der Waals surface area contributed by atoms with Gasteiger partial charge in [0.05, 0.1) is 60.3 Å². The van der Waals surface area contributed by atoms with Crippen LogP contribution in [0.15, 0.2) is 141 Å². The molecule has 0 spiro atoms. The van der Waals surface area contributed by atoms with E-state index in [1.54, 1.807) is 48.5 Å². The van der Waals surface area contributed by atoms with E-state index in [9.17, 15) is 34.0 Å². The zero-order valence-corrected chi connectivity index (χ0v) is 40.0. The minimum absolute atomic E-state index is 0.0783. The number of carbonyl (C=O) groups excluding carboxylic acids is 6. The quantitative estimate of drug-likeness (QED) is 0.0182. The second-order valence-corrected chi connectivity index (χ2v) is 16.1. The second kappa shape index (κ2) is 30.2. The summed E-state index contributed by atoms with van der Waals surface area (Å²) in [6.45, 7) is 8.61.